The van der Waals surface area contributed by atoms with Crippen LogP contribution in [0.5, 0.6) is 0 Å². The second kappa shape index (κ2) is 3.41. The van der Waals surface area contributed by atoms with E-state index >= 15 is 0 Å². The number of halogens is 4. The van der Waals surface area contributed by atoms with E-state index in [1.54, 1.807) is 0 Å². The summed E-state index contributed by atoms with van der Waals surface area (Å²) in [6, 6.07) is 1.26. The number of benzene rings is 1. The predicted octanol–water partition coefficient (Wildman–Crippen LogP) is 1.70. The van der Waals surface area contributed by atoms with E-state index in [4.69, 9.17) is 16.9 Å². The van der Waals surface area contributed by atoms with Crippen molar-refractivity contribution in [1.29, 1.82) is 0 Å². The van der Waals surface area contributed by atoms with Crippen molar-refractivity contribution in [2.75, 3.05) is 5.73 Å². The van der Waals surface area contributed by atoms with Crippen LogP contribution >= 0.6 is 0 Å². The third-order valence-electron chi connectivity index (χ3n) is 1.76. The highest BCUT2D eigenvalue weighted by atomic mass is 19.4. The Morgan fingerprint density at radius 3 is 2.20 bits per heavy atom. The van der Waals surface area contributed by atoms with Crippen molar-refractivity contribution >= 4 is 11.5 Å². The highest BCUT2D eigenvalue weighted by Crippen LogP contribution is 2.34. The van der Waals surface area contributed by atoms with Gasteiger partial charge in [0.15, 0.2) is 5.82 Å². The molecule has 3 nitrogen and oxygen atoms in total. The van der Waals surface area contributed by atoms with Crippen molar-refractivity contribution in [3.8, 4) is 0 Å². The maximum atomic E-state index is 13.1. The summed E-state index contributed by atoms with van der Waals surface area (Å²) in [7, 11) is 0. The van der Waals surface area contributed by atoms with Crippen LogP contribution in [0, 0.1) is 5.82 Å². The van der Waals surface area contributed by atoms with E-state index in [0.717, 1.165) is 6.07 Å². The van der Waals surface area contributed by atoms with E-state index in [9.17, 15) is 17.6 Å². The second-order valence-corrected chi connectivity index (χ2v) is 2.77. The lowest BCUT2D eigenvalue weighted by Crippen LogP contribution is -2.17. The number of hydrogen-bond acceptors (Lipinski definition) is 1. The zero-order valence-electron chi connectivity index (χ0n) is 7.27. The Kier molecular flexibility index (Phi) is 2.57. The van der Waals surface area contributed by atoms with E-state index in [1.807, 2.05) is 0 Å². The number of rotatable bonds is 1. The summed E-state index contributed by atoms with van der Waals surface area (Å²) in [6.45, 7) is 0. The molecule has 0 radical (unpaired) electrons. The van der Waals surface area contributed by atoms with Gasteiger partial charge in [-0.05, 0) is 11.6 Å². The van der Waals surface area contributed by atoms with Crippen LogP contribution in [0.4, 0.5) is 23.2 Å². The zero-order chi connectivity index (χ0) is 11.8. The molecule has 82 valence electrons. The number of alkyl halides is 3. The summed E-state index contributed by atoms with van der Waals surface area (Å²) in [5.41, 5.74) is 7.25. The van der Waals surface area contributed by atoms with Gasteiger partial charge in [-0.2, -0.15) is 13.2 Å². The standard InChI is InChI=1S/C8H6F4N3/c9-5-4(8(10,11)12)2-1-3(6(5)13)7(14)15/h1-2H,13H2,(H2-,14,15)/q-1. The van der Waals surface area contributed by atoms with Gasteiger partial charge < -0.3 is 16.9 Å². The maximum Gasteiger partial charge on any atom is 0.419 e. The maximum absolute atomic E-state index is 13.1. The Hall–Kier alpha value is -1.79. The Balaban J connectivity index is 3.41. The Morgan fingerprint density at radius 1 is 1.27 bits per heavy atom. The quantitative estimate of drug-likeness (QED) is 0.327. The number of amidine groups is 1. The molecular weight excluding hydrogens is 214 g/mol. The molecule has 15 heavy (non-hydrogen) atoms. The first-order valence-electron chi connectivity index (χ1n) is 3.72. The molecule has 0 bridgehead atoms. The number of anilines is 1. The summed E-state index contributed by atoms with van der Waals surface area (Å²) in [6.07, 6.45) is -4.83. The minimum Gasteiger partial charge on any atom is -0.494 e. The minimum atomic E-state index is -4.83. The number of nitrogen functional groups attached to an aromatic ring is 1. The van der Waals surface area contributed by atoms with Crippen molar-refractivity contribution in [2.45, 2.75) is 6.18 Å². The molecule has 1 rings (SSSR count). The molecule has 0 amide bonds. The van der Waals surface area contributed by atoms with Crippen molar-refractivity contribution < 1.29 is 17.6 Å². The van der Waals surface area contributed by atoms with Crippen molar-refractivity contribution in [3.05, 3.63) is 34.5 Å². The SMILES string of the molecule is [N-]=C(N)c1ccc(C(F)(F)F)c(F)c1N. The highest BCUT2D eigenvalue weighted by Gasteiger charge is 2.35. The van der Waals surface area contributed by atoms with Gasteiger partial charge in [-0.25, -0.2) is 4.39 Å². The van der Waals surface area contributed by atoms with Crippen LogP contribution in [-0.2, 0) is 6.18 Å². The fourth-order valence-corrected chi connectivity index (χ4v) is 1.04. The molecule has 7 heteroatoms. The number of nitrogens with zero attached hydrogens (tertiary/aromatic N) is 1. The molecule has 0 fully saturated rings. The number of nitrogens with two attached hydrogens (primary N) is 2. The summed E-state index contributed by atoms with van der Waals surface area (Å²) >= 11 is 0. The number of hydrogen-bond donors (Lipinski definition) is 2. The van der Waals surface area contributed by atoms with E-state index in [1.165, 1.54) is 0 Å². The molecule has 1 aromatic carbocycles. The molecule has 0 unspecified atom stereocenters. The van der Waals surface area contributed by atoms with Crippen molar-refractivity contribution in [2.24, 2.45) is 5.73 Å². The third kappa shape index (κ3) is 2.00. The molecule has 0 heterocycles. The van der Waals surface area contributed by atoms with E-state index < -0.39 is 29.1 Å². The summed E-state index contributed by atoms with van der Waals surface area (Å²) in [4.78, 5) is 0. The largest absolute Gasteiger partial charge is 0.494 e. The van der Waals surface area contributed by atoms with Crippen LogP contribution in [0.2, 0.25) is 0 Å². The lowest BCUT2D eigenvalue weighted by Gasteiger charge is -2.14. The van der Waals surface area contributed by atoms with Gasteiger partial charge in [0.25, 0.3) is 0 Å². The molecule has 0 saturated carbocycles. The lowest BCUT2D eigenvalue weighted by atomic mass is 10.1. The van der Waals surface area contributed by atoms with E-state index in [0.29, 0.717) is 6.07 Å². The zero-order valence-corrected chi connectivity index (χ0v) is 7.27. The molecule has 0 aliphatic heterocycles. The van der Waals surface area contributed by atoms with Crippen molar-refractivity contribution in [1.82, 2.24) is 0 Å². The highest BCUT2D eigenvalue weighted by molar-refractivity contribution is 6.04. The summed E-state index contributed by atoms with van der Waals surface area (Å²) in [5.74, 6) is -2.47. The Labute approximate surface area is 82.2 Å². The second-order valence-electron chi connectivity index (χ2n) is 2.77. The molecule has 0 aliphatic carbocycles. The van der Waals surface area contributed by atoms with Gasteiger partial charge in [-0.3, -0.25) is 0 Å². The van der Waals surface area contributed by atoms with Gasteiger partial charge in [-0.1, -0.05) is 11.9 Å². The minimum absolute atomic E-state index is 0.361. The van der Waals surface area contributed by atoms with Crippen molar-refractivity contribution in [3.63, 3.8) is 0 Å². The van der Waals surface area contributed by atoms with E-state index in [-0.39, 0.29) is 5.56 Å². The first-order chi connectivity index (χ1) is 6.75. The fraction of sp³-hybridized carbons (Fsp3) is 0.125. The molecule has 0 saturated heterocycles. The summed E-state index contributed by atoms with van der Waals surface area (Å²) in [5, 5.41) is 8.79. The Morgan fingerprint density at radius 2 is 1.80 bits per heavy atom. The molecule has 0 aromatic heterocycles. The molecule has 0 spiro atoms. The van der Waals surface area contributed by atoms with Crippen LogP contribution in [0.15, 0.2) is 12.1 Å². The molecule has 1 aromatic rings. The fourth-order valence-electron chi connectivity index (χ4n) is 1.04. The molecule has 0 atom stereocenters. The molecular formula is C8H6F4N3-. The van der Waals surface area contributed by atoms with Gasteiger partial charge >= 0.3 is 6.18 Å². The van der Waals surface area contributed by atoms with Crippen LogP contribution in [0.3, 0.4) is 0 Å². The van der Waals surface area contributed by atoms with Gasteiger partial charge in [0.1, 0.15) is 0 Å². The lowest BCUT2D eigenvalue weighted by molar-refractivity contribution is -0.139. The average Bonchev–Trinajstić information content (AvgIpc) is 2.06. The van der Waals surface area contributed by atoms with Gasteiger partial charge in [0, 0.05) is 0 Å². The first kappa shape index (κ1) is 11.3. The molecule has 4 N–H and O–H groups in total. The van der Waals surface area contributed by atoms with Gasteiger partial charge in [0.05, 0.1) is 11.3 Å². The van der Waals surface area contributed by atoms with Crippen LogP contribution in [-0.4, -0.2) is 5.84 Å². The monoisotopic (exact) mass is 220 g/mol. The van der Waals surface area contributed by atoms with Gasteiger partial charge in [0.2, 0.25) is 0 Å². The van der Waals surface area contributed by atoms with Crippen LogP contribution in [0.1, 0.15) is 11.1 Å². The van der Waals surface area contributed by atoms with Gasteiger partial charge in [-0.15, -0.1) is 0 Å². The predicted molar refractivity (Wildman–Crippen MR) is 47.5 cm³/mol. The molecule has 0 aliphatic rings. The van der Waals surface area contributed by atoms with Crippen LogP contribution in [0.25, 0.3) is 5.41 Å². The normalized spacial score (nSPS) is 11.5. The topological polar surface area (TPSA) is 74.3 Å². The third-order valence-corrected chi connectivity index (χ3v) is 1.76. The summed E-state index contributed by atoms with van der Waals surface area (Å²) < 4.78 is 49.6. The Bertz CT molecular complexity index is 411. The average molecular weight is 220 g/mol. The smallest absolute Gasteiger partial charge is 0.419 e. The first-order valence-corrected chi connectivity index (χ1v) is 3.72. The van der Waals surface area contributed by atoms with Crippen LogP contribution < -0.4 is 11.5 Å². The van der Waals surface area contributed by atoms with E-state index in [2.05, 4.69) is 0 Å².